The molecule has 5 rings (SSSR count). The normalized spacial score (nSPS) is 11.6. The van der Waals surface area contributed by atoms with Gasteiger partial charge >= 0.3 is 0 Å². The third kappa shape index (κ3) is 2.33. The van der Waals surface area contributed by atoms with E-state index in [0.29, 0.717) is 0 Å². The standard InChI is InChI=1S/C19H13BrN4S/c1-24-9-15(12-6-11(20)2-3-18(12)24)19-23-17(10-25-19)14-8-22-16-4-5-21-7-13(14)16/h2-10,22H,1H3. The Balaban J connectivity index is 1.67. The third-order valence-corrected chi connectivity index (χ3v) is 5.81. The summed E-state index contributed by atoms with van der Waals surface area (Å²) in [5.74, 6) is 0. The highest BCUT2D eigenvalue weighted by atomic mass is 79.9. The van der Waals surface area contributed by atoms with Crippen molar-refractivity contribution in [2.75, 3.05) is 0 Å². The summed E-state index contributed by atoms with van der Waals surface area (Å²) in [5.41, 5.74) is 5.51. The number of aryl methyl sites for hydroxylation is 1. The van der Waals surface area contributed by atoms with Crippen molar-refractivity contribution in [2.45, 2.75) is 0 Å². The number of pyridine rings is 1. The lowest BCUT2D eigenvalue weighted by molar-refractivity contribution is 0.970. The molecule has 122 valence electrons. The molecule has 0 saturated heterocycles. The number of aromatic amines is 1. The Morgan fingerprint density at radius 3 is 3.00 bits per heavy atom. The van der Waals surface area contributed by atoms with Crippen molar-refractivity contribution in [3.05, 3.63) is 58.9 Å². The lowest BCUT2D eigenvalue weighted by Crippen LogP contribution is -1.82. The van der Waals surface area contributed by atoms with Crippen LogP contribution in [0.5, 0.6) is 0 Å². The van der Waals surface area contributed by atoms with E-state index in [-0.39, 0.29) is 0 Å². The van der Waals surface area contributed by atoms with Gasteiger partial charge in [-0.25, -0.2) is 4.98 Å². The Kier molecular flexibility index (Phi) is 3.29. The number of fused-ring (bicyclic) bond motifs is 2. The van der Waals surface area contributed by atoms with E-state index in [1.165, 1.54) is 10.9 Å². The summed E-state index contributed by atoms with van der Waals surface area (Å²) in [6, 6.07) is 8.33. The number of H-pyrrole nitrogens is 1. The Morgan fingerprint density at radius 1 is 1.16 bits per heavy atom. The third-order valence-electron chi connectivity index (χ3n) is 4.45. The summed E-state index contributed by atoms with van der Waals surface area (Å²) in [6.07, 6.45) is 7.83. The highest BCUT2D eigenvalue weighted by Gasteiger charge is 2.15. The molecule has 0 bridgehead atoms. The van der Waals surface area contributed by atoms with Crippen LogP contribution in [0, 0.1) is 0 Å². The van der Waals surface area contributed by atoms with Crippen molar-refractivity contribution < 1.29 is 0 Å². The maximum atomic E-state index is 4.91. The minimum absolute atomic E-state index is 0.978. The Bertz CT molecular complexity index is 1230. The van der Waals surface area contributed by atoms with Gasteiger partial charge < -0.3 is 9.55 Å². The zero-order chi connectivity index (χ0) is 17.0. The van der Waals surface area contributed by atoms with Crippen LogP contribution in [0.1, 0.15) is 0 Å². The highest BCUT2D eigenvalue weighted by Crippen LogP contribution is 2.37. The monoisotopic (exact) mass is 408 g/mol. The first-order valence-electron chi connectivity index (χ1n) is 7.82. The Hall–Kier alpha value is -2.44. The molecule has 4 aromatic heterocycles. The lowest BCUT2D eigenvalue weighted by Gasteiger charge is -1.97. The molecule has 0 aliphatic heterocycles. The van der Waals surface area contributed by atoms with Crippen molar-refractivity contribution in [1.82, 2.24) is 19.5 Å². The van der Waals surface area contributed by atoms with Crippen molar-refractivity contribution in [3.8, 4) is 21.8 Å². The number of halogens is 1. The molecule has 0 saturated carbocycles. The fourth-order valence-corrected chi connectivity index (χ4v) is 4.44. The van der Waals surface area contributed by atoms with Gasteiger partial charge in [0.25, 0.3) is 0 Å². The van der Waals surface area contributed by atoms with E-state index >= 15 is 0 Å². The van der Waals surface area contributed by atoms with Crippen LogP contribution < -0.4 is 0 Å². The number of nitrogens with zero attached hydrogens (tertiary/aromatic N) is 3. The first-order chi connectivity index (χ1) is 12.2. The second kappa shape index (κ2) is 5.54. The van der Waals surface area contributed by atoms with Crippen LogP contribution in [0.15, 0.2) is 58.9 Å². The van der Waals surface area contributed by atoms with Gasteiger partial charge in [-0.3, -0.25) is 4.98 Å². The molecule has 25 heavy (non-hydrogen) atoms. The molecule has 0 radical (unpaired) electrons. The van der Waals surface area contributed by atoms with Gasteiger partial charge in [-0.05, 0) is 24.3 Å². The second-order valence-electron chi connectivity index (χ2n) is 5.98. The Morgan fingerprint density at radius 2 is 2.08 bits per heavy atom. The summed E-state index contributed by atoms with van der Waals surface area (Å²) in [6.45, 7) is 0. The molecule has 0 spiro atoms. The lowest BCUT2D eigenvalue weighted by atomic mass is 10.1. The van der Waals surface area contributed by atoms with Crippen LogP contribution in [0.4, 0.5) is 0 Å². The number of rotatable bonds is 2. The molecule has 1 N–H and O–H groups in total. The number of aromatic nitrogens is 4. The number of benzene rings is 1. The van der Waals surface area contributed by atoms with Gasteiger partial charge in [-0.2, -0.15) is 0 Å². The van der Waals surface area contributed by atoms with Gasteiger partial charge in [0.2, 0.25) is 0 Å². The van der Waals surface area contributed by atoms with Crippen LogP contribution in [0.2, 0.25) is 0 Å². The van der Waals surface area contributed by atoms with Crippen LogP contribution in [-0.4, -0.2) is 19.5 Å². The number of nitrogens with one attached hydrogen (secondary N) is 1. The Labute approximate surface area is 156 Å². The van der Waals surface area contributed by atoms with E-state index in [1.807, 2.05) is 18.5 Å². The minimum atomic E-state index is 0.978. The zero-order valence-corrected chi connectivity index (χ0v) is 15.7. The molecule has 0 unspecified atom stereocenters. The van der Waals surface area contributed by atoms with E-state index < -0.39 is 0 Å². The van der Waals surface area contributed by atoms with Crippen LogP contribution in [0.25, 0.3) is 43.6 Å². The molecule has 4 nitrogen and oxygen atoms in total. The molecule has 0 aliphatic rings. The molecular weight excluding hydrogens is 396 g/mol. The number of thiazole rings is 1. The van der Waals surface area contributed by atoms with Crippen molar-refractivity contribution in [1.29, 1.82) is 0 Å². The van der Waals surface area contributed by atoms with Crippen LogP contribution in [-0.2, 0) is 7.05 Å². The van der Waals surface area contributed by atoms with E-state index in [4.69, 9.17) is 4.98 Å². The molecule has 0 fully saturated rings. The fraction of sp³-hybridized carbons (Fsp3) is 0.0526. The average molecular weight is 409 g/mol. The maximum Gasteiger partial charge on any atom is 0.126 e. The van der Waals surface area contributed by atoms with E-state index in [1.54, 1.807) is 17.5 Å². The summed E-state index contributed by atoms with van der Waals surface area (Å²) < 4.78 is 3.22. The molecule has 0 amide bonds. The predicted molar refractivity (Wildman–Crippen MR) is 107 cm³/mol. The van der Waals surface area contributed by atoms with Gasteiger partial charge in [0.15, 0.2) is 0 Å². The molecule has 0 atom stereocenters. The highest BCUT2D eigenvalue weighted by molar-refractivity contribution is 9.10. The topological polar surface area (TPSA) is 46.5 Å². The average Bonchev–Trinajstić information content (AvgIpc) is 3.31. The van der Waals surface area contributed by atoms with Gasteiger partial charge in [-0.15, -0.1) is 11.3 Å². The van der Waals surface area contributed by atoms with Crippen molar-refractivity contribution in [3.63, 3.8) is 0 Å². The van der Waals surface area contributed by atoms with Gasteiger partial charge in [0.05, 0.1) is 5.69 Å². The molecule has 1 aromatic carbocycles. The largest absolute Gasteiger partial charge is 0.360 e. The molecular formula is C19H13BrN4S. The van der Waals surface area contributed by atoms with Gasteiger partial charge in [-0.1, -0.05) is 15.9 Å². The van der Waals surface area contributed by atoms with E-state index in [2.05, 4.69) is 67.3 Å². The predicted octanol–water partition coefficient (Wildman–Crippen LogP) is 5.61. The maximum absolute atomic E-state index is 4.91. The van der Waals surface area contributed by atoms with E-state index in [0.717, 1.165) is 37.2 Å². The first kappa shape index (κ1) is 14.9. The van der Waals surface area contributed by atoms with Crippen LogP contribution in [0.3, 0.4) is 0 Å². The second-order valence-corrected chi connectivity index (χ2v) is 7.75. The smallest absolute Gasteiger partial charge is 0.126 e. The summed E-state index contributed by atoms with van der Waals surface area (Å²) in [7, 11) is 2.07. The molecule has 6 heteroatoms. The first-order valence-corrected chi connectivity index (χ1v) is 9.50. The van der Waals surface area contributed by atoms with E-state index in [9.17, 15) is 0 Å². The number of hydrogen-bond acceptors (Lipinski definition) is 3. The van der Waals surface area contributed by atoms with Gasteiger partial charge in [0.1, 0.15) is 5.01 Å². The quantitative estimate of drug-likeness (QED) is 0.412. The fourth-order valence-electron chi connectivity index (χ4n) is 3.23. The molecule has 5 aromatic rings. The summed E-state index contributed by atoms with van der Waals surface area (Å²) >= 11 is 5.24. The zero-order valence-electron chi connectivity index (χ0n) is 13.3. The minimum Gasteiger partial charge on any atom is -0.360 e. The van der Waals surface area contributed by atoms with Gasteiger partial charge in [0, 0.05) is 74.6 Å². The summed E-state index contributed by atoms with van der Waals surface area (Å²) in [5, 5.41) is 5.44. The van der Waals surface area contributed by atoms with Crippen molar-refractivity contribution >= 4 is 49.1 Å². The summed E-state index contributed by atoms with van der Waals surface area (Å²) in [4.78, 5) is 12.4. The number of hydrogen-bond donors (Lipinski definition) is 1. The van der Waals surface area contributed by atoms with Crippen LogP contribution >= 0.6 is 27.3 Å². The molecule has 4 heterocycles. The van der Waals surface area contributed by atoms with Crippen molar-refractivity contribution in [2.24, 2.45) is 7.05 Å². The SMILES string of the molecule is Cn1cc(-c2nc(-c3c[nH]c4ccncc34)cs2)c2cc(Br)ccc21. The molecule has 0 aliphatic carbocycles.